The van der Waals surface area contributed by atoms with E-state index in [1.54, 1.807) is 10.9 Å². The number of piperidine rings is 1. The maximum absolute atomic E-state index is 12.2. The van der Waals surface area contributed by atoms with Gasteiger partial charge in [0.05, 0.1) is 6.33 Å². The largest absolute Gasteiger partial charge is 0.330 e. The first-order chi connectivity index (χ1) is 10.1. The number of hydrogen-bond donors (Lipinski definition) is 2. The van der Waals surface area contributed by atoms with Crippen LogP contribution in [0.15, 0.2) is 15.9 Å². The third-order valence-electron chi connectivity index (χ3n) is 4.39. The zero-order chi connectivity index (χ0) is 15.0. The van der Waals surface area contributed by atoms with Gasteiger partial charge in [0.25, 0.3) is 5.56 Å². The Morgan fingerprint density at radius 1 is 1.38 bits per heavy atom. The van der Waals surface area contributed by atoms with Crippen molar-refractivity contribution in [2.45, 2.75) is 45.2 Å². The normalized spacial score (nSPS) is 18.2. The molecular formula is C14H21N5O2. The topological polar surface area (TPSA) is 84.7 Å². The molecule has 21 heavy (non-hydrogen) atoms. The summed E-state index contributed by atoms with van der Waals surface area (Å²) in [5, 5.41) is 3.31. The summed E-state index contributed by atoms with van der Waals surface area (Å²) in [6.45, 7) is 5.85. The second-order valence-electron chi connectivity index (χ2n) is 5.69. The van der Waals surface area contributed by atoms with E-state index in [1.165, 1.54) is 0 Å². The molecule has 1 saturated heterocycles. The highest BCUT2D eigenvalue weighted by atomic mass is 16.2. The lowest BCUT2D eigenvalue weighted by Gasteiger charge is -2.24. The van der Waals surface area contributed by atoms with E-state index in [0.717, 1.165) is 32.4 Å². The van der Waals surface area contributed by atoms with Crippen molar-refractivity contribution in [3.8, 4) is 0 Å². The predicted molar refractivity (Wildman–Crippen MR) is 80.8 cm³/mol. The van der Waals surface area contributed by atoms with Crippen molar-refractivity contribution >= 4 is 11.2 Å². The molecule has 0 bridgehead atoms. The van der Waals surface area contributed by atoms with Crippen LogP contribution in [-0.4, -0.2) is 32.2 Å². The number of H-pyrrole nitrogens is 1. The van der Waals surface area contributed by atoms with Gasteiger partial charge in [0, 0.05) is 12.1 Å². The Balaban J connectivity index is 2.21. The van der Waals surface area contributed by atoms with E-state index in [9.17, 15) is 9.59 Å². The zero-order valence-corrected chi connectivity index (χ0v) is 12.4. The van der Waals surface area contributed by atoms with Crippen LogP contribution in [0.2, 0.25) is 0 Å². The van der Waals surface area contributed by atoms with Crippen LogP contribution in [0.4, 0.5) is 0 Å². The molecule has 1 aliphatic heterocycles. The Morgan fingerprint density at radius 2 is 2.10 bits per heavy atom. The molecule has 0 aliphatic carbocycles. The molecule has 1 aliphatic rings. The molecule has 114 valence electrons. The van der Waals surface area contributed by atoms with E-state index in [2.05, 4.69) is 15.3 Å². The summed E-state index contributed by atoms with van der Waals surface area (Å²) in [6, 6.07) is 0.272. The molecule has 0 amide bonds. The van der Waals surface area contributed by atoms with Crippen molar-refractivity contribution in [1.29, 1.82) is 0 Å². The Hall–Kier alpha value is -1.89. The molecule has 2 aromatic heterocycles. The molecule has 7 heteroatoms. The van der Waals surface area contributed by atoms with Gasteiger partial charge in [-0.3, -0.25) is 14.3 Å². The van der Waals surface area contributed by atoms with E-state index in [0.29, 0.717) is 11.2 Å². The van der Waals surface area contributed by atoms with Crippen molar-refractivity contribution in [3.63, 3.8) is 0 Å². The molecule has 3 heterocycles. The van der Waals surface area contributed by atoms with Gasteiger partial charge in [0.2, 0.25) is 0 Å². The predicted octanol–water partition coefficient (Wildman–Crippen LogP) is 0.782. The van der Waals surface area contributed by atoms with Gasteiger partial charge in [-0.15, -0.1) is 0 Å². The van der Waals surface area contributed by atoms with Gasteiger partial charge in [-0.25, -0.2) is 9.78 Å². The van der Waals surface area contributed by atoms with Gasteiger partial charge < -0.3 is 9.88 Å². The van der Waals surface area contributed by atoms with Gasteiger partial charge in [0.15, 0.2) is 11.2 Å². The van der Waals surface area contributed by atoms with Gasteiger partial charge >= 0.3 is 5.69 Å². The molecule has 0 aromatic carbocycles. The van der Waals surface area contributed by atoms with Crippen LogP contribution < -0.4 is 16.6 Å². The summed E-state index contributed by atoms with van der Waals surface area (Å²) >= 11 is 0. The van der Waals surface area contributed by atoms with Crippen molar-refractivity contribution in [1.82, 2.24) is 24.4 Å². The summed E-state index contributed by atoms with van der Waals surface area (Å²) < 4.78 is 3.53. The lowest BCUT2D eigenvalue weighted by Crippen LogP contribution is -2.34. The fraction of sp³-hybridized carbons (Fsp3) is 0.643. The van der Waals surface area contributed by atoms with Crippen LogP contribution >= 0.6 is 0 Å². The Kier molecular flexibility index (Phi) is 3.67. The molecule has 3 rings (SSSR count). The van der Waals surface area contributed by atoms with E-state index in [4.69, 9.17) is 0 Å². The third-order valence-corrected chi connectivity index (χ3v) is 4.39. The SMILES string of the molecule is CCC(C)n1c(=O)[nH]c(=O)c2c1ncn2C1CCNCC1. The van der Waals surface area contributed by atoms with Crippen LogP contribution in [0.1, 0.15) is 45.2 Å². The smallest absolute Gasteiger partial charge is 0.322 e. The van der Waals surface area contributed by atoms with E-state index < -0.39 is 0 Å². The minimum Gasteiger partial charge on any atom is -0.322 e. The van der Waals surface area contributed by atoms with Gasteiger partial charge in [-0.1, -0.05) is 6.92 Å². The quantitative estimate of drug-likeness (QED) is 0.875. The average Bonchev–Trinajstić information content (AvgIpc) is 2.93. The van der Waals surface area contributed by atoms with E-state index in [1.807, 2.05) is 18.4 Å². The van der Waals surface area contributed by atoms with E-state index >= 15 is 0 Å². The molecule has 1 atom stereocenters. The highest BCUT2D eigenvalue weighted by Gasteiger charge is 2.22. The highest BCUT2D eigenvalue weighted by molar-refractivity contribution is 5.70. The lowest BCUT2D eigenvalue weighted by atomic mass is 10.1. The van der Waals surface area contributed by atoms with Crippen LogP contribution in [0.5, 0.6) is 0 Å². The molecule has 0 spiro atoms. The van der Waals surface area contributed by atoms with Gasteiger partial charge in [-0.05, 0) is 39.3 Å². The van der Waals surface area contributed by atoms with Crippen LogP contribution in [0.3, 0.4) is 0 Å². The van der Waals surface area contributed by atoms with Crippen molar-refractivity contribution in [3.05, 3.63) is 27.2 Å². The summed E-state index contributed by atoms with van der Waals surface area (Å²) in [6.07, 6.45) is 4.44. The van der Waals surface area contributed by atoms with Crippen molar-refractivity contribution in [2.75, 3.05) is 13.1 Å². The Bertz CT molecular complexity index is 751. The van der Waals surface area contributed by atoms with Crippen LogP contribution in [-0.2, 0) is 0 Å². The lowest BCUT2D eigenvalue weighted by molar-refractivity contribution is 0.374. The number of aromatic amines is 1. The third kappa shape index (κ3) is 2.31. The second kappa shape index (κ2) is 5.48. The van der Waals surface area contributed by atoms with Crippen molar-refractivity contribution < 1.29 is 0 Å². The molecule has 2 N–H and O–H groups in total. The van der Waals surface area contributed by atoms with Crippen molar-refractivity contribution in [2.24, 2.45) is 0 Å². The maximum atomic E-state index is 12.2. The fourth-order valence-corrected chi connectivity index (χ4v) is 3.01. The summed E-state index contributed by atoms with van der Waals surface area (Å²) in [4.78, 5) is 31.1. The maximum Gasteiger partial charge on any atom is 0.330 e. The molecule has 0 saturated carbocycles. The van der Waals surface area contributed by atoms with Gasteiger partial charge in [0.1, 0.15) is 0 Å². The molecular weight excluding hydrogens is 270 g/mol. The standard InChI is InChI=1S/C14H21N5O2/c1-3-9(2)19-12-11(13(20)17-14(19)21)18(8-16-12)10-4-6-15-7-5-10/h8-10,15H,3-7H2,1-2H3,(H,17,20,21). The fourth-order valence-electron chi connectivity index (χ4n) is 3.01. The minimum atomic E-state index is -0.377. The minimum absolute atomic E-state index is 0.00761. The summed E-state index contributed by atoms with van der Waals surface area (Å²) in [7, 11) is 0. The zero-order valence-electron chi connectivity index (χ0n) is 12.4. The number of aromatic nitrogens is 4. The van der Waals surface area contributed by atoms with E-state index in [-0.39, 0.29) is 23.3 Å². The number of fused-ring (bicyclic) bond motifs is 1. The summed E-state index contributed by atoms with van der Waals surface area (Å²) in [5.74, 6) is 0. The first-order valence-corrected chi connectivity index (χ1v) is 7.55. The second-order valence-corrected chi connectivity index (χ2v) is 5.69. The number of hydrogen-bond acceptors (Lipinski definition) is 4. The number of nitrogens with zero attached hydrogens (tertiary/aromatic N) is 3. The number of nitrogens with one attached hydrogen (secondary N) is 2. The molecule has 0 radical (unpaired) electrons. The Morgan fingerprint density at radius 3 is 2.76 bits per heavy atom. The molecule has 7 nitrogen and oxygen atoms in total. The van der Waals surface area contributed by atoms with Crippen LogP contribution in [0.25, 0.3) is 11.2 Å². The summed E-state index contributed by atoms with van der Waals surface area (Å²) in [5.41, 5.74) is 0.293. The first-order valence-electron chi connectivity index (χ1n) is 7.55. The molecule has 1 unspecified atom stereocenters. The number of imidazole rings is 1. The average molecular weight is 291 g/mol. The highest BCUT2D eigenvalue weighted by Crippen LogP contribution is 2.22. The Labute approximate surface area is 122 Å². The molecule has 2 aromatic rings. The van der Waals surface area contributed by atoms with Crippen LogP contribution in [0, 0.1) is 0 Å². The van der Waals surface area contributed by atoms with Gasteiger partial charge in [-0.2, -0.15) is 0 Å². The monoisotopic (exact) mass is 291 g/mol. The first kappa shape index (κ1) is 14.1. The number of rotatable bonds is 3. The molecule has 1 fully saturated rings.